The lowest BCUT2D eigenvalue weighted by Crippen LogP contribution is -2.20. The minimum atomic E-state index is -0.442. The van der Waals surface area contributed by atoms with Crippen LogP contribution in [0.4, 0.5) is 0 Å². The summed E-state index contributed by atoms with van der Waals surface area (Å²) in [7, 11) is -0.0813. The number of carbonyl (C=O) groups excluding carboxylic acids is 1. The summed E-state index contributed by atoms with van der Waals surface area (Å²) in [6.07, 6.45) is -0.823. The molecular formula is C27H39O5P. The van der Waals surface area contributed by atoms with Gasteiger partial charge in [-0.15, -0.1) is 0 Å². The van der Waals surface area contributed by atoms with Gasteiger partial charge in [0.05, 0.1) is 0 Å². The van der Waals surface area contributed by atoms with E-state index in [4.69, 9.17) is 18.9 Å². The molecule has 0 heterocycles. The molecule has 0 aliphatic heterocycles. The van der Waals surface area contributed by atoms with Gasteiger partial charge in [0.15, 0.2) is 18.1 Å². The Balaban J connectivity index is 2.35. The molecule has 0 saturated carbocycles. The molecule has 0 amide bonds. The third kappa shape index (κ3) is 7.81. The molecule has 0 aliphatic rings. The fraction of sp³-hybridized carbons (Fsp3) is 0.519. The van der Waals surface area contributed by atoms with Gasteiger partial charge in [-0.3, -0.25) is 4.79 Å². The van der Waals surface area contributed by atoms with Crippen molar-refractivity contribution in [3.8, 4) is 11.5 Å². The van der Waals surface area contributed by atoms with Crippen molar-refractivity contribution >= 4 is 19.4 Å². The van der Waals surface area contributed by atoms with Crippen molar-refractivity contribution in [2.75, 3.05) is 13.2 Å². The van der Waals surface area contributed by atoms with Crippen LogP contribution in [0.5, 0.6) is 11.5 Å². The molecule has 0 spiro atoms. The zero-order chi connectivity index (χ0) is 24.8. The van der Waals surface area contributed by atoms with Crippen molar-refractivity contribution in [2.45, 2.75) is 80.3 Å². The van der Waals surface area contributed by atoms with E-state index in [2.05, 4.69) is 32.9 Å². The van der Waals surface area contributed by atoms with Gasteiger partial charge in [0.25, 0.3) is 0 Å². The van der Waals surface area contributed by atoms with Gasteiger partial charge in [-0.25, -0.2) is 0 Å². The predicted octanol–water partition coefficient (Wildman–Crippen LogP) is 6.27. The summed E-state index contributed by atoms with van der Waals surface area (Å²) in [6.45, 7) is 19.2. The van der Waals surface area contributed by atoms with Gasteiger partial charge < -0.3 is 18.9 Å². The van der Waals surface area contributed by atoms with Crippen molar-refractivity contribution in [1.29, 1.82) is 0 Å². The van der Waals surface area contributed by atoms with E-state index in [1.54, 1.807) is 0 Å². The first-order valence-corrected chi connectivity index (χ1v) is 12.6. The van der Waals surface area contributed by atoms with Gasteiger partial charge in [0.2, 0.25) is 0 Å². The zero-order valence-corrected chi connectivity index (χ0v) is 22.5. The molecule has 3 unspecified atom stereocenters. The zero-order valence-electron chi connectivity index (χ0n) is 21.5. The molecule has 2 aromatic carbocycles. The maximum absolute atomic E-state index is 13.4. The quantitative estimate of drug-likeness (QED) is 0.284. The van der Waals surface area contributed by atoms with E-state index in [1.165, 1.54) is 5.56 Å². The van der Waals surface area contributed by atoms with Crippen molar-refractivity contribution in [3.63, 3.8) is 0 Å². The van der Waals surface area contributed by atoms with Crippen LogP contribution in [0.3, 0.4) is 0 Å². The summed E-state index contributed by atoms with van der Waals surface area (Å²) in [4.78, 5) is 13.4. The van der Waals surface area contributed by atoms with Crippen LogP contribution in [-0.4, -0.2) is 31.3 Å². The molecule has 0 radical (unpaired) electrons. The first-order chi connectivity index (χ1) is 15.5. The Bertz CT molecular complexity index is 925. The van der Waals surface area contributed by atoms with Crippen LogP contribution in [0.1, 0.15) is 75.5 Å². The van der Waals surface area contributed by atoms with E-state index in [0.29, 0.717) is 24.7 Å². The Morgan fingerprint density at radius 2 is 1.45 bits per heavy atom. The van der Waals surface area contributed by atoms with Gasteiger partial charge in [0.1, 0.15) is 11.5 Å². The molecule has 3 atom stereocenters. The van der Waals surface area contributed by atoms with E-state index in [0.717, 1.165) is 22.0 Å². The summed E-state index contributed by atoms with van der Waals surface area (Å²) in [5.74, 6) is 1.21. The van der Waals surface area contributed by atoms with E-state index in [-0.39, 0.29) is 25.8 Å². The summed E-state index contributed by atoms with van der Waals surface area (Å²) >= 11 is 0. The molecule has 0 saturated heterocycles. The highest BCUT2D eigenvalue weighted by Gasteiger charge is 2.21. The Hall–Kier alpha value is -1.94. The molecule has 5 nitrogen and oxygen atoms in total. The molecule has 6 heteroatoms. The van der Waals surface area contributed by atoms with Gasteiger partial charge >= 0.3 is 0 Å². The number of hydrogen-bond acceptors (Lipinski definition) is 5. The lowest BCUT2D eigenvalue weighted by atomic mass is 9.84. The monoisotopic (exact) mass is 474 g/mol. The van der Waals surface area contributed by atoms with Crippen LogP contribution in [0.15, 0.2) is 30.3 Å². The fourth-order valence-electron chi connectivity index (χ4n) is 3.62. The highest BCUT2D eigenvalue weighted by molar-refractivity contribution is 7.66. The second-order valence-corrected chi connectivity index (χ2v) is 10.4. The van der Waals surface area contributed by atoms with Gasteiger partial charge in [-0.05, 0) is 84.4 Å². The number of aryl methyl sites for hydroxylation is 2. The normalized spacial score (nSPS) is 13.8. The molecule has 0 bridgehead atoms. The Labute approximate surface area is 200 Å². The van der Waals surface area contributed by atoms with Crippen molar-refractivity contribution in [1.82, 2.24) is 0 Å². The van der Waals surface area contributed by atoms with Crippen LogP contribution in [0.25, 0.3) is 0 Å². The highest BCUT2D eigenvalue weighted by Crippen LogP contribution is 2.33. The maximum atomic E-state index is 13.4. The maximum Gasteiger partial charge on any atom is 0.196 e. The third-order valence-corrected chi connectivity index (χ3v) is 6.38. The molecule has 0 N–H and O–H groups in total. The molecule has 0 aromatic heterocycles. The summed E-state index contributed by atoms with van der Waals surface area (Å²) in [5.41, 5.74) is 4.16. The number of rotatable bonds is 11. The lowest BCUT2D eigenvalue weighted by Gasteiger charge is -2.22. The lowest BCUT2D eigenvalue weighted by molar-refractivity contribution is -0.0646. The Kier molecular flexibility index (Phi) is 9.90. The molecule has 0 fully saturated rings. The van der Waals surface area contributed by atoms with E-state index in [9.17, 15) is 4.79 Å². The Morgan fingerprint density at radius 1 is 0.909 bits per heavy atom. The first kappa shape index (κ1) is 27.3. The number of ether oxygens (including phenoxy) is 4. The van der Waals surface area contributed by atoms with Crippen LogP contribution in [0, 0.1) is 13.8 Å². The standard InChI is InChI=1S/C27H39O5P/c1-10-29-19(5)31-22-12-13-24(23(16-22)32-20(6)30-11-2)33-26(28)25-17(3)14-21(15-18(25)4)27(7,8)9/h12-16,19-20,33H,10-11H2,1-9H3. The molecule has 33 heavy (non-hydrogen) atoms. The molecule has 2 aromatic rings. The molecule has 182 valence electrons. The van der Waals surface area contributed by atoms with Crippen LogP contribution in [0.2, 0.25) is 0 Å². The second kappa shape index (κ2) is 12.0. The summed E-state index contributed by atoms with van der Waals surface area (Å²) < 4.78 is 22.9. The predicted molar refractivity (Wildman–Crippen MR) is 137 cm³/mol. The largest absolute Gasteiger partial charge is 0.465 e. The minimum Gasteiger partial charge on any atom is -0.465 e. The topological polar surface area (TPSA) is 54.0 Å². The van der Waals surface area contributed by atoms with Crippen molar-refractivity contribution < 1.29 is 23.7 Å². The molecule has 2 rings (SSSR count). The summed E-state index contributed by atoms with van der Waals surface area (Å²) in [5, 5.41) is 0.821. The molecular weight excluding hydrogens is 435 g/mol. The third-order valence-electron chi connectivity index (χ3n) is 5.22. The summed E-state index contributed by atoms with van der Waals surface area (Å²) in [6, 6.07) is 9.82. The second-order valence-electron chi connectivity index (χ2n) is 9.13. The van der Waals surface area contributed by atoms with Crippen LogP contribution >= 0.6 is 8.58 Å². The number of hydrogen-bond donors (Lipinski definition) is 0. The number of benzene rings is 2. The Morgan fingerprint density at radius 3 is 1.97 bits per heavy atom. The SMILES string of the molecule is CCOC(C)Oc1ccc(PC(=O)c2c(C)cc(C(C)(C)C)cc2C)c(OC(C)OCC)c1. The van der Waals surface area contributed by atoms with Crippen molar-refractivity contribution in [3.05, 3.63) is 52.6 Å². The molecule has 0 aliphatic carbocycles. The highest BCUT2D eigenvalue weighted by atomic mass is 31.1. The van der Waals surface area contributed by atoms with Gasteiger partial charge in [0, 0.05) is 30.1 Å². The van der Waals surface area contributed by atoms with E-state index >= 15 is 0 Å². The number of carbonyl (C=O) groups is 1. The average molecular weight is 475 g/mol. The minimum absolute atomic E-state index is 0.0320. The smallest absolute Gasteiger partial charge is 0.196 e. The fourth-order valence-corrected chi connectivity index (χ4v) is 4.81. The average Bonchev–Trinajstić information content (AvgIpc) is 2.69. The van der Waals surface area contributed by atoms with E-state index in [1.807, 2.05) is 59.7 Å². The van der Waals surface area contributed by atoms with Gasteiger partial charge in [-0.2, -0.15) is 0 Å². The first-order valence-electron chi connectivity index (χ1n) is 11.6. The van der Waals surface area contributed by atoms with Crippen molar-refractivity contribution in [2.24, 2.45) is 0 Å². The van der Waals surface area contributed by atoms with E-state index < -0.39 is 6.29 Å². The van der Waals surface area contributed by atoms with Crippen LogP contribution in [-0.2, 0) is 14.9 Å². The van der Waals surface area contributed by atoms with Gasteiger partial charge in [-0.1, -0.05) is 32.9 Å². The van der Waals surface area contributed by atoms with Crippen LogP contribution < -0.4 is 14.8 Å².